The molecule has 0 aliphatic heterocycles. The van der Waals surface area contributed by atoms with Gasteiger partial charge in [-0.1, -0.05) is 72.1 Å². The Hall–Kier alpha value is -0.680. The molecule has 1 rings (SSSR count). The van der Waals surface area contributed by atoms with Crippen molar-refractivity contribution in [1.29, 1.82) is 0 Å². The van der Waals surface area contributed by atoms with Gasteiger partial charge in [0.1, 0.15) is 12.4 Å². The van der Waals surface area contributed by atoms with Crippen molar-refractivity contribution in [2.24, 2.45) is 7.05 Å². The van der Waals surface area contributed by atoms with Crippen LogP contribution in [0.3, 0.4) is 0 Å². The number of rotatable bonds is 17. The lowest BCUT2D eigenvalue weighted by molar-refractivity contribution is -0.696. The van der Waals surface area contributed by atoms with Crippen LogP contribution in [0.2, 0.25) is 0 Å². The molecule has 0 bridgehead atoms. The Bertz CT molecular complexity index is 509. The summed E-state index contributed by atoms with van der Waals surface area (Å²) in [5, 5.41) is 0. The highest BCUT2D eigenvalue weighted by Gasteiger charge is 2.07. The highest BCUT2D eigenvalue weighted by atomic mass is 31.2. The average Bonchev–Trinajstić information content (AvgIpc) is 3.10. The molecule has 0 radical (unpaired) electrons. The van der Waals surface area contributed by atoms with Crippen LogP contribution >= 0.6 is 7.82 Å². The van der Waals surface area contributed by atoms with E-state index in [-0.39, 0.29) is 13.2 Å². The van der Waals surface area contributed by atoms with Crippen LogP contribution in [0.5, 0.6) is 0 Å². The Morgan fingerprint density at radius 3 is 1.76 bits per heavy atom. The first kappa shape index (κ1) is 28.3. The first-order valence-corrected chi connectivity index (χ1v) is 13.0. The molecule has 0 spiro atoms. The molecule has 0 aliphatic rings. The van der Waals surface area contributed by atoms with E-state index in [0.717, 1.165) is 25.7 Å². The fourth-order valence-corrected chi connectivity index (χ4v) is 3.52. The predicted molar refractivity (Wildman–Crippen MR) is 118 cm³/mol. The first-order valence-electron chi connectivity index (χ1n) is 11.6. The molecule has 0 amide bonds. The molecular weight excluding hydrogens is 387 g/mol. The van der Waals surface area contributed by atoms with Gasteiger partial charge in [0.05, 0.1) is 26.8 Å². The number of aryl methyl sites for hydroxylation is 2. The lowest BCUT2D eigenvalue weighted by Crippen LogP contribution is -2.30. The number of phosphoric ester groups is 1. The van der Waals surface area contributed by atoms with E-state index in [0.29, 0.717) is 0 Å². The van der Waals surface area contributed by atoms with E-state index >= 15 is 0 Å². The number of hydrogen-bond donors (Lipinski definition) is 0. The summed E-state index contributed by atoms with van der Waals surface area (Å²) in [6.07, 6.45) is 20.9. The van der Waals surface area contributed by atoms with Gasteiger partial charge in [-0.25, -0.2) is 9.13 Å². The van der Waals surface area contributed by atoms with Crippen molar-refractivity contribution < 1.29 is 23.1 Å². The SMILES string of the molecule is CCCCCCCCCC[n+]1ccn(C)c1.CCCCOP(=O)([O-])OCCCC. The van der Waals surface area contributed by atoms with Gasteiger partial charge in [-0.2, -0.15) is 0 Å². The van der Waals surface area contributed by atoms with Gasteiger partial charge in [0, 0.05) is 0 Å². The van der Waals surface area contributed by atoms with Crippen molar-refractivity contribution in [3.05, 3.63) is 18.7 Å². The number of aromatic nitrogens is 2. The average molecular weight is 433 g/mol. The standard InChI is InChI=1S/C14H27N2.C8H19O4P/c1-3-4-5-6-7-8-9-10-11-16-13-12-15(2)14-16;1-3-5-7-11-13(9,10)12-8-6-4-2/h12-14H,3-11H2,1-2H3;3-8H2,1-2H3,(H,9,10)/q+1;/p-1. The normalized spacial score (nSPS) is 11.3. The molecule has 0 N–H and O–H groups in total. The van der Waals surface area contributed by atoms with E-state index in [1.54, 1.807) is 0 Å². The smallest absolute Gasteiger partial charge is 0.267 e. The highest BCUT2D eigenvalue weighted by Crippen LogP contribution is 2.38. The summed E-state index contributed by atoms with van der Waals surface area (Å²) in [6, 6.07) is 0. The number of hydrogen-bond acceptors (Lipinski definition) is 4. The molecule has 0 aromatic carbocycles. The molecule has 172 valence electrons. The fraction of sp³-hybridized carbons (Fsp3) is 0.864. The number of unbranched alkanes of at least 4 members (excludes halogenated alkanes) is 9. The Morgan fingerprint density at radius 2 is 1.31 bits per heavy atom. The van der Waals surface area contributed by atoms with E-state index in [4.69, 9.17) is 0 Å². The Labute approximate surface area is 179 Å². The minimum absolute atomic E-state index is 0.226. The first-order chi connectivity index (χ1) is 13.9. The lowest BCUT2D eigenvalue weighted by atomic mass is 10.1. The van der Waals surface area contributed by atoms with E-state index in [9.17, 15) is 9.46 Å². The maximum Gasteiger partial charge on any atom is 0.267 e. The zero-order valence-corrected chi connectivity index (χ0v) is 20.2. The lowest BCUT2D eigenvalue weighted by Gasteiger charge is -2.22. The van der Waals surface area contributed by atoms with Crippen molar-refractivity contribution in [3.63, 3.8) is 0 Å². The van der Waals surface area contributed by atoms with Crippen LogP contribution in [0.25, 0.3) is 0 Å². The maximum atomic E-state index is 11.0. The van der Waals surface area contributed by atoms with Crippen LogP contribution in [0.4, 0.5) is 0 Å². The third-order valence-corrected chi connectivity index (χ3v) is 5.59. The number of phosphoric acid groups is 1. The van der Waals surface area contributed by atoms with Gasteiger partial charge in [0.25, 0.3) is 7.82 Å². The van der Waals surface area contributed by atoms with Gasteiger partial charge in [0.15, 0.2) is 0 Å². The molecule has 1 aromatic heterocycles. The summed E-state index contributed by atoms with van der Waals surface area (Å²) in [5.41, 5.74) is 0. The van der Waals surface area contributed by atoms with Crippen molar-refractivity contribution in [2.75, 3.05) is 13.2 Å². The summed E-state index contributed by atoms with van der Waals surface area (Å²) in [5.74, 6) is 0. The van der Waals surface area contributed by atoms with Crippen molar-refractivity contribution in [2.45, 2.75) is 104 Å². The molecule has 29 heavy (non-hydrogen) atoms. The third kappa shape index (κ3) is 19.1. The molecule has 0 saturated carbocycles. The molecule has 0 aliphatic carbocycles. The Balaban J connectivity index is 0.000000555. The second-order valence-electron chi connectivity index (χ2n) is 7.61. The second-order valence-corrected chi connectivity index (χ2v) is 9.02. The van der Waals surface area contributed by atoms with Gasteiger partial charge in [-0.3, -0.25) is 4.57 Å². The number of imidazole rings is 1. The van der Waals surface area contributed by atoms with E-state index in [1.165, 1.54) is 57.9 Å². The molecule has 1 aromatic rings. The van der Waals surface area contributed by atoms with Crippen LogP contribution in [0, 0.1) is 0 Å². The van der Waals surface area contributed by atoms with Crippen LogP contribution < -0.4 is 9.46 Å². The summed E-state index contributed by atoms with van der Waals surface area (Å²) in [6.45, 7) is 7.84. The molecule has 0 fully saturated rings. The summed E-state index contributed by atoms with van der Waals surface area (Å²) < 4.78 is 24.5. The topological polar surface area (TPSA) is 67.4 Å². The van der Waals surface area contributed by atoms with Crippen LogP contribution in [-0.2, 0) is 27.2 Å². The largest absolute Gasteiger partial charge is 0.756 e. The number of nitrogens with zero attached hydrogens (tertiary/aromatic N) is 2. The monoisotopic (exact) mass is 432 g/mol. The fourth-order valence-electron chi connectivity index (χ4n) is 2.74. The van der Waals surface area contributed by atoms with E-state index in [2.05, 4.69) is 50.9 Å². The zero-order chi connectivity index (χ0) is 21.8. The summed E-state index contributed by atoms with van der Waals surface area (Å²) in [4.78, 5) is 11.0. The Morgan fingerprint density at radius 1 is 0.828 bits per heavy atom. The van der Waals surface area contributed by atoms with Crippen molar-refractivity contribution in [3.8, 4) is 0 Å². The third-order valence-electron chi connectivity index (χ3n) is 4.59. The minimum atomic E-state index is -4.00. The van der Waals surface area contributed by atoms with Gasteiger partial charge in [-0.15, -0.1) is 0 Å². The molecular formula is C22H45N2O4P. The summed E-state index contributed by atoms with van der Waals surface area (Å²) in [7, 11) is -1.93. The quantitative estimate of drug-likeness (QED) is 0.184. The maximum absolute atomic E-state index is 11.0. The van der Waals surface area contributed by atoms with E-state index < -0.39 is 7.82 Å². The van der Waals surface area contributed by atoms with Gasteiger partial charge >= 0.3 is 0 Å². The molecule has 0 saturated heterocycles. The summed E-state index contributed by atoms with van der Waals surface area (Å²) >= 11 is 0. The van der Waals surface area contributed by atoms with Crippen molar-refractivity contribution >= 4 is 7.82 Å². The molecule has 7 heteroatoms. The van der Waals surface area contributed by atoms with Gasteiger partial charge in [-0.05, 0) is 25.7 Å². The van der Waals surface area contributed by atoms with Crippen LogP contribution in [0.15, 0.2) is 18.7 Å². The predicted octanol–water partition coefficient (Wildman–Crippen LogP) is 5.54. The van der Waals surface area contributed by atoms with E-state index in [1.807, 2.05) is 13.8 Å². The zero-order valence-electron chi connectivity index (χ0n) is 19.3. The van der Waals surface area contributed by atoms with Crippen LogP contribution in [0.1, 0.15) is 97.8 Å². The van der Waals surface area contributed by atoms with Gasteiger partial charge < -0.3 is 13.9 Å². The minimum Gasteiger partial charge on any atom is -0.756 e. The molecule has 6 nitrogen and oxygen atoms in total. The Kier molecular flexibility index (Phi) is 18.8. The second kappa shape index (κ2) is 19.3. The molecule has 1 heterocycles. The molecule has 0 unspecified atom stereocenters. The highest BCUT2D eigenvalue weighted by molar-refractivity contribution is 7.45. The van der Waals surface area contributed by atoms with Crippen molar-refractivity contribution in [1.82, 2.24) is 4.57 Å². The molecule has 0 atom stereocenters. The van der Waals surface area contributed by atoms with Crippen LogP contribution in [-0.4, -0.2) is 17.8 Å². The van der Waals surface area contributed by atoms with Gasteiger partial charge in [0.2, 0.25) is 6.33 Å².